The van der Waals surface area contributed by atoms with Crippen molar-refractivity contribution < 1.29 is 8.42 Å². The Morgan fingerprint density at radius 1 is 1.40 bits per heavy atom. The number of hydrogen-bond donors (Lipinski definition) is 2. The van der Waals surface area contributed by atoms with Gasteiger partial charge in [-0.3, -0.25) is 4.72 Å². The number of benzene rings is 1. The van der Waals surface area contributed by atoms with Crippen LogP contribution in [0.15, 0.2) is 17.0 Å². The average molecular weight is 333 g/mol. The molecule has 1 heterocycles. The quantitative estimate of drug-likeness (QED) is 0.838. The molecule has 108 valence electrons. The van der Waals surface area contributed by atoms with Crippen molar-refractivity contribution in [3.8, 4) is 0 Å². The van der Waals surface area contributed by atoms with Crippen LogP contribution in [0.1, 0.15) is 17.5 Å². The third-order valence-corrected chi connectivity index (χ3v) is 5.52. The summed E-state index contributed by atoms with van der Waals surface area (Å²) in [5.74, 6) is 0. The zero-order chi connectivity index (χ0) is 14.9. The fourth-order valence-electron chi connectivity index (χ4n) is 1.48. The predicted molar refractivity (Wildman–Crippen MR) is 80.7 cm³/mol. The van der Waals surface area contributed by atoms with Gasteiger partial charge in [0.2, 0.25) is 5.13 Å². The Morgan fingerprint density at radius 2 is 2.10 bits per heavy atom. The van der Waals surface area contributed by atoms with E-state index in [4.69, 9.17) is 17.3 Å². The van der Waals surface area contributed by atoms with E-state index in [0.717, 1.165) is 10.6 Å². The van der Waals surface area contributed by atoms with Crippen LogP contribution in [0.25, 0.3) is 0 Å². The van der Waals surface area contributed by atoms with Gasteiger partial charge < -0.3 is 5.73 Å². The molecule has 0 atom stereocenters. The van der Waals surface area contributed by atoms with Gasteiger partial charge in [0.25, 0.3) is 10.0 Å². The summed E-state index contributed by atoms with van der Waals surface area (Å²) in [6.45, 7) is 3.67. The molecule has 0 aliphatic rings. The molecule has 0 saturated heterocycles. The number of aromatic nitrogens is 2. The molecule has 0 amide bonds. The van der Waals surface area contributed by atoms with E-state index in [1.54, 1.807) is 6.92 Å². The Hall–Kier alpha value is -1.38. The SMILES string of the molecule is CCc1nnc(NS(=O)(=O)c2cc(N)c(C)cc2Cl)s1. The van der Waals surface area contributed by atoms with Gasteiger partial charge in [0, 0.05) is 5.69 Å². The maximum absolute atomic E-state index is 12.3. The van der Waals surface area contributed by atoms with E-state index in [-0.39, 0.29) is 15.0 Å². The molecule has 2 rings (SSSR count). The molecule has 2 aromatic rings. The average Bonchev–Trinajstić information content (AvgIpc) is 2.80. The molecular formula is C11H13ClN4O2S2. The third kappa shape index (κ3) is 3.02. The molecule has 6 nitrogen and oxygen atoms in total. The van der Waals surface area contributed by atoms with E-state index >= 15 is 0 Å². The summed E-state index contributed by atoms with van der Waals surface area (Å²) in [6.07, 6.45) is 0.692. The molecule has 0 aliphatic carbocycles. The Kier molecular flexibility index (Phi) is 4.17. The molecule has 0 aliphatic heterocycles. The summed E-state index contributed by atoms with van der Waals surface area (Å²) in [7, 11) is -3.83. The van der Waals surface area contributed by atoms with Crippen LogP contribution in [0.4, 0.5) is 10.8 Å². The maximum atomic E-state index is 12.3. The highest BCUT2D eigenvalue weighted by atomic mass is 35.5. The van der Waals surface area contributed by atoms with Crippen LogP contribution in [-0.4, -0.2) is 18.6 Å². The van der Waals surface area contributed by atoms with Gasteiger partial charge in [-0.05, 0) is 31.0 Å². The molecule has 0 radical (unpaired) electrons. The highest BCUT2D eigenvalue weighted by Crippen LogP contribution is 2.29. The van der Waals surface area contributed by atoms with Crippen LogP contribution in [0.5, 0.6) is 0 Å². The van der Waals surface area contributed by atoms with Gasteiger partial charge in [-0.2, -0.15) is 0 Å². The van der Waals surface area contributed by atoms with E-state index in [1.165, 1.54) is 23.5 Å². The summed E-state index contributed by atoms with van der Waals surface area (Å²) >= 11 is 7.16. The zero-order valence-corrected chi connectivity index (χ0v) is 13.2. The van der Waals surface area contributed by atoms with Gasteiger partial charge in [-0.15, -0.1) is 10.2 Å². The van der Waals surface area contributed by atoms with Crippen LogP contribution >= 0.6 is 22.9 Å². The minimum Gasteiger partial charge on any atom is -0.398 e. The molecule has 0 fully saturated rings. The second-order valence-corrected chi connectivity index (χ2v) is 7.22. The Morgan fingerprint density at radius 3 is 2.70 bits per heavy atom. The molecule has 3 N–H and O–H groups in total. The summed E-state index contributed by atoms with van der Waals surface area (Å²) in [5.41, 5.74) is 6.81. The van der Waals surface area contributed by atoms with E-state index in [0.29, 0.717) is 12.1 Å². The lowest BCUT2D eigenvalue weighted by molar-refractivity contribution is 0.601. The second-order valence-electron chi connectivity index (χ2n) is 4.10. The van der Waals surface area contributed by atoms with Gasteiger partial charge >= 0.3 is 0 Å². The number of nitrogens with one attached hydrogen (secondary N) is 1. The predicted octanol–water partition coefficient (Wildman–Crippen LogP) is 2.45. The standard InChI is InChI=1S/C11H13ClN4O2S2/c1-3-10-14-15-11(19-10)16-20(17,18)9-5-8(13)6(2)4-7(9)12/h4-5H,3,13H2,1-2H3,(H,15,16). The summed E-state index contributed by atoms with van der Waals surface area (Å²) < 4.78 is 26.9. The van der Waals surface area contributed by atoms with E-state index in [1.807, 2.05) is 6.92 Å². The van der Waals surface area contributed by atoms with Crippen molar-refractivity contribution in [3.05, 3.63) is 27.7 Å². The number of rotatable bonds is 4. The van der Waals surface area contributed by atoms with Crippen LogP contribution in [0.2, 0.25) is 5.02 Å². The minimum absolute atomic E-state index is 0.0736. The molecule has 0 saturated carbocycles. The lowest BCUT2D eigenvalue weighted by atomic mass is 10.2. The first-order valence-corrected chi connectivity index (χ1v) is 8.42. The van der Waals surface area contributed by atoms with Crippen molar-refractivity contribution in [1.29, 1.82) is 0 Å². The Balaban J connectivity index is 2.37. The van der Waals surface area contributed by atoms with Crippen LogP contribution < -0.4 is 10.5 Å². The van der Waals surface area contributed by atoms with Gasteiger partial charge in [0.15, 0.2) is 0 Å². The molecule has 0 spiro atoms. The maximum Gasteiger partial charge on any atom is 0.265 e. The number of nitrogen functional groups attached to an aromatic ring is 1. The molecule has 0 unspecified atom stereocenters. The largest absolute Gasteiger partial charge is 0.398 e. The summed E-state index contributed by atoms with van der Waals surface area (Å²) in [6, 6.07) is 2.85. The molecule has 9 heteroatoms. The number of nitrogens with two attached hydrogens (primary N) is 1. The summed E-state index contributed by atoms with van der Waals surface area (Å²) in [5, 5.41) is 8.69. The Bertz CT molecular complexity index is 743. The van der Waals surface area contributed by atoms with E-state index in [2.05, 4.69) is 14.9 Å². The first-order chi connectivity index (χ1) is 9.33. The van der Waals surface area contributed by atoms with Crippen LogP contribution in [-0.2, 0) is 16.4 Å². The van der Waals surface area contributed by atoms with Crippen molar-refractivity contribution in [2.45, 2.75) is 25.2 Å². The van der Waals surface area contributed by atoms with E-state index < -0.39 is 10.0 Å². The van der Waals surface area contributed by atoms with Gasteiger partial charge in [0.05, 0.1) is 5.02 Å². The van der Waals surface area contributed by atoms with Crippen molar-refractivity contribution in [3.63, 3.8) is 0 Å². The van der Waals surface area contributed by atoms with E-state index in [9.17, 15) is 8.42 Å². The lowest BCUT2D eigenvalue weighted by Crippen LogP contribution is -2.14. The molecule has 1 aromatic carbocycles. The fraction of sp³-hybridized carbons (Fsp3) is 0.273. The van der Waals surface area contributed by atoms with Crippen LogP contribution in [0.3, 0.4) is 0 Å². The number of hydrogen-bond acceptors (Lipinski definition) is 6. The first-order valence-electron chi connectivity index (χ1n) is 5.74. The number of anilines is 2. The first kappa shape index (κ1) is 15.0. The van der Waals surface area contributed by atoms with Gasteiger partial charge in [-0.1, -0.05) is 29.9 Å². The number of halogens is 1. The zero-order valence-electron chi connectivity index (χ0n) is 10.8. The van der Waals surface area contributed by atoms with Crippen molar-refractivity contribution in [2.24, 2.45) is 0 Å². The number of sulfonamides is 1. The van der Waals surface area contributed by atoms with Gasteiger partial charge in [0.1, 0.15) is 9.90 Å². The number of aryl methyl sites for hydroxylation is 2. The highest BCUT2D eigenvalue weighted by Gasteiger charge is 2.21. The molecule has 20 heavy (non-hydrogen) atoms. The van der Waals surface area contributed by atoms with Gasteiger partial charge in [-0.25, -0.2) is 8.42 Å². The fourth-order valence-corrected chi connectivity index (χ4v) is 4.01. The number of nitrogens with zero attached hydrogens (tertiary/aromatic N) is 2. The lowest BCUT2D eigenvalue weighted by Gasteiger charge is -2.09. The smallest absolute Gasteiger partial charge is 0.265 e. The topological polar surface area (TPSA) is 98.0 Å². The molecule has 0 bridgehead atoms. The summed E-state index contributed by atoms with van der Waals surface area (Å²) in [4.78, 5) is -0.0736. The Labute approximate surface area is 126 Å². The normalized spacial score (nSPS) is 11.6. The van der Waals surface area contributed by atoms with Crippen molar-refractivity contribution in [1.82, 2.24) is 10.2 Å². The molecule has 1 aromatic heterocycles. The monoisotopic (exact) mass is 332 g/mol. The van der Waals surface area contributed by atoms with Crippen molar-refractivity contribution >= 4 is 43.8 Å². The van der Waals surface area contributed by atoms with Crippen LogP contribution in [0, 0.1) is 6.92 Å². The minimum atomic E-state index is -3.83. The second kappa shape index (κ2) is 5.55. The highest BCUT2D eigenvalue weighted by molar-refractivity contribution is 7.93. The van der Waals surface area contributed by atoms with Crippen molar-refractivity contribution in [2.75, 3.05) is 10.5 Å². The third-order valence-electron chi connectivity index (χ3n) is 2.60. The molecular weight excluding hydrogens is 320 g/mol.